The van der Waals surface area contributed by atoms with Crippen molar-refractivity contribution in [3.05, 3.63) is 53.1 Å². The highest BCUT2D eigenvalue weighted by atomic mass is 32.2. The van der Waals surface area contributed by atoms with Gasteiger partial charge in [-0.25, -0.2) is 8.42 Å². The molecule has 7 heteroatoms. The van der Waals surface area contributed by atoms with Crippen molar-refractivity contribution >= 4 is 38.7 Å². The van der Waals surface area contributed by atoms with Crippen molar-refractivity contribution in [2.75, 3.05) is 23.7 Å². The van der Waals surface area contributed by atoms with Crippen LogP contribution >= 0.6 is 12.2 Å². The van der Waals surface area contributed by atoms with Crippen LogP contribution in [0.3, 0.4) is 0 Å². The molecule has 2 aromatic carbocycles. The first-order valence-electron chi connectivity index (χ1n) is 9.51. The number of rotatable bonds is 7. The minimum Gasteiger partial charge on any atom is -0.332 e. The summed E-state index contributed by atoms with van der Waals surface area (Å²) in [6, 6.07) is 11.4. The number of hydrogen-bond acceptors (Lipinski definition) is 3. The van der Waals surface area contributed by atoms with Gasteiger partial charge in [-0.3, -0.25) is 0 Å². The molecule has 0 aliphatic heterocycles. The van der Waals surface area contributed by atoms with Gasteiger partial charge in [-0.05, 0) is 67.4 Å². The topological polar surface area (TPSA) is 61.4 Å². The number of anilines is 2. The zero-order valence-electron chi connectivity index (χ0n) is 17.2. The number of aryl methyl sites for hydroxylation is 2. The van der Waals surface area contributed by atoms with Gasteiger partial charge in [0.25, 0.3) is 0 Å². The fraction of sp³-hybridized carbons (Fsp3) is 0.381. The van der Waals surface area contributed by atoms with Crippen LogP contribution in [-0.2, 0) is 16.4 Å². The summed E-state index contributed by atoms with van der Waals surface area (Å²) < 4.78 is 27.3. The summed E-state index contributed by atoms with van der Waals surface area (Å²) in [7, 11) is -3.54. The zero-order chi connectivity index (χ0) is 20.9. The molecule has 0 atom stereocenters. The van der Waals surface area contributed by atoms with E-state index in [4.69, 9.17) is 12.2 Å². The fourth-order valence-corrected chi connectivity index (χ4v) is 4.83. The quantitative estimate of drug-likeness (QED) is 0.637. The standard InChI is InChI=1S/C21H29N3O2S2/c1-6-17-11-9-10-12-19(17)22-21(27)23-20-14-18(13-15(4)16(20)5)28(25,26)24(7-2)8-3/h9-14H,6-8H2,1-5H3,(H2,22,23,27). The van der Waals surface area contributed by atoms with Gasteiger partial charge in [-0.2, -0.15) is 4.31 Å². The first-order valence-corrected chi connectivity index (χ1v) is 11.4. The van der Waals surface area contributed by atoms with Crippen LogP contribution in [0.5, 0.6) is 0 Å². The smallest absolute Gasteiger partial charge is 0.243 e. The Morgan fingerprint density at radius 2 is 1.61 bits per heavy atom. The Morgan fingerprint density at radius 1 is 1.00 bits per heavy atom. The van der Waals surface area contributed by atoms with Crippen LogP contribution in [0.15, 0.2) is 41.3 Å². The van der Waals surface area contributed by atoms with Gasteiger partial charge in [-0.15, -0.1) is 0 Å². The van der Waals surface area contributed by atoms with Crippen molar-refractivity contribution < 1.29 is 8.42 Å². The molecule has 0 heterocycles. The molecule has 2 N–H and O–H groups in total. The minimum absolute atomic E-state index is 0.276. The molecule has 152 valence electrons. The van der Waals surface area contributed by atoms with E-state index in [0.29, 0.717) is 23.9 Å². The molecule has 0 radical (unpaired) electrons. The Bertz CT molecular complexity index is 952. The van der Waals surface area contributed by atoms with Crippen molar-refractivity contribution in [2.24, 2.45) is 0 Å². The van der Waals surface area contributed by atoms with Gasteiger partial charge in [0.05, 0.1) is 4.90 Å². The van der Waals surface area contributed by atoms with E-state index in [1.54, 1.807) is 12.1 Å². The van der Waals surface area contributed by atoms with Gasteiger partial charge >= 0.3 is 0 Å². The zero-order valence-corrected chi connectivity index (χ0v) is 18.8. The number of para-hydroxylation sites is 1. The van der Waals surface area contributed by atoms with Crippen LogP contribution in [0.25, 0.3) is 0 Å². The number of nitrogens with zero attached hydrogens (tertiary/aromatic N) is 1. The lowest BCUT2D eigenvalue weighted by Crippen LogP contribution is -2.31. The second-order valence-electron chi connectivity index (χ2n) is 6.59. The molecular weight excluding hydrogens is 390 g/mol. The number of hydrogen-bond donors (Lipinski definition) is 2. The molecule has 5 nitrogen and oxygen atoms in total. The lowest BCUT2D eigenvalue weighted by atomic mass is 10.1. The summed E-state index contributed by atoms with van der Waals surface area (Å²) in [6.07, 6.45) is 0.890. The summed E-state index contributed by atoms with van der Waals surface area (Å²) in [5.41, 5.74) is 4.66. The molecule has 0 aromatic heterocycles. The van der Waals surface area contributed by atoms with Gasteiger partial charge < -0.3 is 10.6 Å². The molecule has 28 heavy (non-hydrogen) atoms. The molecule has 2 rings (SSSR count). The molecule has 0 unspecified atom stereocenters. The van der Waals surface area contributed by atoms with Crippen LogP contribution in [0, 0.1) is 13.8 Å². The molecule has 0 saturated carbocycles. The second kappa shape index (κ2) is 9.49. The van der Waals surface area contributed by atoms with E-state index in [1.807, 2.05) is 45.9 Å². The molecular formula is C21H29N3O2S2. The van der Waals surface area contributed by atoms with Crippen LogP contribution in [0.4, 0.5) is 11.4 Å². The monoisotopic (exact) mass is 419 g/mol. The van der Waals surface area contributed by atoms with E-state index in [2.05, 4.69) is 23.6 Å². The average Bonchev–Trinajstić information content (AvgIpc) is 2.66. The predicted molar refractivity (Wildman–Crippen MR) is 122 cm³/mol. The Morgan fingerprint density at radius 3 is 2.21 bits per heavy atom. The van der Waals surface area contributed by atoms with Gasteiger partial charge in [0.15, 0.2) is 5.11 Å². The largest absolute Gasteiger partial charge is 0.332 e. The highest BCUT2D eigenvalue weighted by Crippen LogP contribution is 2.26. The molecule has 0 fully saturated rings. The Balaban J connectivity index is 2.33. The number of sulfonamides is 1. The third-order valence-corrected chi connectivity index (χ3v) is 7.11. The highest BCUT2D eigenvalue weighted by molar-refractivity contribution is 7.89. The molecule has 0 aliphatic rings. The number of thiocarbonyl (C=S) groups is 1. The molecule has 0 saturated heterocycles. The Labute approximate surface area is 174 Å². The molecule has 0 spiro atoms. The van der Waals surface area contributed by atoms with Gasteiger partial charge in [0, 0.05) is 24.5 Å². The van der Waals surface area contributed by atoms with Gasteiger partial charge in [0.1, 0.15) is 0 Å². The van der Waals surface area contributed by atoms with Crippen molar-refractivity contribution in [3.8, 4) is 0 Å². The van der Waals surface area contributed by atoms with Crippen LogP contribution in [0.2, 0.25) is 0 Å². The first-order chi connectivity index (χ1) is 13.2. The van der Waals surface area contributed by atoms with Gasteiger partial charge in [0.2, 0.25) is 10.0 Å². The maximum absolute atomic E-state index is 12.9. The van der Waals surface area contributed by atoms with E-state index < -0.39 is 10.0 Å². The fourth-order valence-electron chi connectivity index (χ4n) is 3.04. The van der Waals surface area contributed by atoms with Gasteiger partial charge in [-0.1, -0.05) is 39.0 Å². The molecule has 0 aliphatic carbocycles. The highest BCUT2D eigenvalue weighted by Gasteiger charge is 2.23. The summed E-state index contributed by atoms with van der Waals surface area (Å²) in [4.78, 5) is 0.276. The van der Waals surface area contributed by atoms with Crippen molar-refractivity contribution in [1.29, 1.82) is 0 Å². The van der Waals surface area contributed by atoms with Crippen LogP contribution in [0.1, 0.15) is 37.5 Å². The summed E-state index contributed by atoms with van der Waals surface area (Å²) in [5.74, 6) is 0. The average molecular weight is 420 g/mol. The van der Waals surface area contributed by atoms with Crippen molar-refractivity contribution in [2.45, 2.75) is 45.9 Å². The van der Waals surface area contributed by atoms with Crippen LogP contribution < -0.4 is 10.6 Å². The van der Waals surface area contributed by atoms with E-state index in [0.717, 1.165) is 28.8 Å². The third kappa shape index (κ3) is 4.90. The summed E-state index contributed by atoms with van der Waals surface area (Å²) in [5, 5.41) is 6.83. The second-order valence-corrected chi connectivity index (χ2v) is 8.94. The minimum atomic E-state index is -3.54. The SMILES string of the molecule is CCc1ccccc1NC(=S)Nc1cc(S(=O)(=O)N(CC)CC)cc(C)c1C. The lowest BCUT2D eigenvalue weighted by molar-refractivity contribution is 0.445. The third-order valence-electron chi connectivity index (χ3n) is 4.88. The number of nitrogens with one attached hydrogen (secondary N) is 2. The normalized spacial score (nSPS) is 11.5. The summed E-state index contributed by atoms with van der Waals surface area (Å²) in [6.45, 7) is 10.5. The van der Waals surface area contributed by atoms with Crippen molar-refractivity contribution in [1.82, 2.24) is 4.31 Å². The number of benzene rings is 2. The maximum Gasteiger partial charge on any atom is 0.243 e. The summed E-state index contributed by atoms with van der Waals surface area (Å²) >= 11 is 5.48. The maximum atomic E-state index is 12.9. The molecule has 2 aromatic rings. The van der Waals surface area contributed by atoms with E-state index in [-0.39, 0.29) is 4.90 Å². The van der Waals surface area contributed by atoms with E-state index in [9.17, 15) is 8.42 Å². The Kier molecular flexibility index (Phi) is 7.57. The van der Waals surface area contributed by atoms with Crippen LogP contribution in [-0.4, -0.2) is 30.9 Å². The Hall–Kier alpha value is -1.96. The van der Waals surface area contributed by atoms with E-state index >= 15 is 0 Å². The lowest BCUT2D eigenvalue weighted by Gasteiger charge is -2.21. The predicted octanol–water partition coefficient (Wildman–Crippen LogP) is 4.71. The molecule has 0 amide bonds. The molecule has 0 bridgehead atoms. The van der Waals surface area contributed by atoms with Crippen molar-refractivity contribution in [3.63, 3.8) is 0 Å². The van der Waals surface area contributed by atoms with E-state index in [1.165, 1.54) is 4.31 Å². The first kappa shape index (κ1) is 22.3.